The summed E-state index contributed by atoms with van der Waals surface area (Å²) in [6.45, 7) is 2.12. The van der Waals surface area contributed by atoms with Crippen LogP contribution in [0, 0.1) is 10.1 Å². The predicted octanol–water partition coefficient (Wildman–Crippen LogP) is 4.84. The van der Waals surface area contributed by atoms with Crippen LogP contribution in [0.15, 0.2) is 53.7 Å². The summed E-state index contributed by atoms with van der Waals surface area (Å²) < 4.78 is 6.12. The van der Waals surface area contributed by atoms with Crippen LogP contribution in [0.25, 0.3) is 11.3 Å². The molecule has 0 fully saturated rings. The Kier molecular flexibility index (Phi) is 5.57. The Morgan fingerprint density at radius 1 is 1.17 bits per heavy atom. The van der Waals surface area contributed by atoms with Crippen molar-refractivity contribution >= 4 is 23.1 Å². The Balaban J connectivity index is 1.78. The summed E-state index contributed by atoms with van der Waals surface area (Å²) in [5, 5.41) is 23.9. The van der Waals surface area contributed by atoms with Crippen LogP contribution in [0.5, 0.6) is 5.88 Å². The van der Waals surface area contributed by atoms with Crippen molar-refractivity contribution in [1.82, 2.24) is 15.2 Å². The molecule has 1 aromatic heterocycles. The first-order valence-electron chi connectivity index (χ1n) is 9.30. The van der Waals surface area contributed by atoms with Gasteiger partial charge in [-0.25, -0.2) is 0 Å². The number of nitro benzene ring substituents is 1. The molecule has 0 radical (unpaired) electrons. The summed E-state index contributed by atoms with van der Waals surface area (Å²) in [4.78, 5) is 15.7. The smallest absolute Gasteiger partial charge is 0.278 e. The van der Waals surface area contributed by atoms with E-state index >= 15 is 0 Å². The zero-order chi connectivity index (χ0) is 20.2. The maximum absolute atomic E-state index is 11.5. The summed E-state index contributed by atoms with van der Waals surface area (Å²) in [5.41, 5.74) is 2.43. The molecule has 0 bridgehead atoms. The lowest BCUT2D eigenvalue weighted by molar-refractivity contribution is -0.386. The van der Waals surface area contributed by atoms with E-state index < -0.39 is 11.2 Å². The predicted molar refractivity (Wildman–Crippen MR) is 111 cm³/mol. The highest BCUT2D eigenvalue weighted by Gasteiger charge is 2.30. The van der Waals surface area contributed by atoms with Gasteiger partial charge in [-0.15, -0.1) is 10.2 Å². The van der Waals surface area contributed by atoms with E-state index in [0.29, 0.717) is 22.3 Å². The minimum Gasteiger partial charge on any atom is -0.447 e. The molecule has 148 valence electrons. The third kappa shape index (κ3) is 4.00. The molecule has 1 atom stereocenters. The molecule has 2 aromatic carbocycles. The van der Waals surface area contributed by atoms with E-state index in [-0.39, 0.29) is 5.69 Å². The fourth-order valence-electron chi connectivity index (χ4n) is 3.03. The van der Waals surface area contributed by atoms with Crippen molar-refractivity contribution in [3.8, 4) is 17.1 Å². The number of rotatable bonds is 6. The first-order valence-corrected chi connectivity index (χ1v) is 10.3. The molecule has 1 N–H and O–H groups in total. The maximum Gasteiger partial charge on any atom is 0.278 e. The van der Waals surface area contributed by atoms with E-state index in [4.69, 9.17) is 4.74 Å². The summed E-state index contributed by atoms with van der Waals surface area (Å²) in [6.07, 6.45) is 1.35. The molecule has 0 spiro atoms. The number of hydrogen-bond donors (Lipinski definition) is 1. The van der Waals surface area contributed by atoms with Gasteiger partial charge >= 0.3 is 0 Å². The molecule has 0 aliphatic carbocycles. The third-order valence-electron chi connectivity index (χ3n) is 4.48. The Labute approximate surface area is 171 Å². The van der Waals surface area contributed by atoms with Crippen molar-refractivity contribution in [3.63, 3.8) is 0 Å². The van der Waals surface area contributed by atoms with E-state index in [2.05, 4.69) is 27.4 Å². The van der Waals surface area contributed by atoms with Crippen molar-refractivity contribution in [1.29, 1.82) is 0 Å². The van der Waals surface area contributed by atoms with E-state index in [1.807, 2.05) is 24.3 Å². The Bertz CT molecular complexity index is 1050. The van der Waals surface area contributed by atoms with Gasteiger partial charge in [-0.3, -0.25) is 10.1 Å². The number of ether oxygens (including phenoxy) is 1. The number of hydrogen-bond acceptors (Lipinski definition) is 8. The molecule has 3 aromatic rings. The lowest BCUT2D eigenvalue weighted by Gasteiger charge is -2.19. The summed E-state index contributed by atoms with van der Waals surface area (Å²) >= 11 is 1.52. The van der Waals surface area contributed by atoms with Gasteiger partial charge in [0.2, 0.25) is 17.3 Å². The van der Waals surface area contributed by atoms with Gasteiger partial charge in [0.15, 0.2) is 5.69 Å². The second-order valence-corrected chi connectivity index (χ2v) is 7.52. The molecule has 1 aliphatic rings. The molecule has 1 unspecified atom stereocenters. The lowest BCUT2D eigenvalue weighted by atomic mass is 10.1. The standard InChI is InChI=1S/C20H19N5O3S/c1-2-3-12-29-20-22-19-17(23-24-20)13-8-4-6-10-15(13)21-18(28-19)14-9-5-7-11-16(14)25(26)27/h4-11,18,21H,2-3,12H2,1H3. The topological polar surface area (TPSA) is 103 Å². The number of unbranched alkanes of at least 4 members (excludes halogenated alkanes) is 1. The molecule has 0 amide bonds. The van der Waals surface area contributed by atoms with E-state index in [1.54, 1.807) is 18.2 Å². The van der Waals surface area contributed by atoms with Crippen molar-refractivity contribution in [2.75, 3.05) is 11.1 Å². The lowest BCUT2D eigenvalue weighted by Crippen LogP contribution is -2.18. The van der Waals surface area contributed by atoms with Crippen molar-refractivity contribution in [2.24, 2.45) is 0 Å². The fraction of sp³-hybridized carbons (Fsp3) is 0.250. The van der Waals surface area contributed by atoms with E-state index in [1.165, 1.54) is 17.8 Å². The Morgan fingerprint density at radius 3 is 2.79 bits per heavy atom. The second kappa shape index (κ2) is 8.44. The highest BCUT2D eigenvalue weighted by atomic mass is 32.2. The number of nitro groups is 1. The molecular weight excluding hydrogens is 390 g/mol. The van der Waals surface area contributed by atoms with Crippen LogP contribution in [0.1, 0.15) is 31.6 Å². The van der Waals surface area contributed by atoms with Crippen LogP contribution >= 0.6 is 11.8 Å². The molecule has 2 heterocycles. The van der Waals surface area contributed by atoms with Crippen LogP contribution in [0.3, 0.4) is 0 Å². The molecule has 4 rings (SSSR count). The van der Waals surface area contributed by atoms with Crippen LogP contribution in [-0.4, -0.2) is 25.9 Å². The number of benzene rings is 2. The Morgan fingerprint density at radius 2 is 1.97 bits per heavy atom. The number of fused-ring (bicyclic) bond motifs is 3. The fourth-order valence-corrected chi connectivity index (χ4v) is 3.89. The molecule has 0 saturated heterocycles. The van der Waals surface area contributed by atoms with Crippen LogP contribution in [0.2, 0.25) is 0 Å². The van der Waals surface area contributed by atoms with Gasteiger partial charge in [0.05, 0.1) is 10.5 Å². The Hall–Kier alpha value is -3.20. The maximum atomic E-state index is 11.5. The first kappa shape index (κ1) is 19.1. The number of nitrogens with zero attached hydrogens (tertiary/aromatic N) is 4. The quantitative estimate of drug-likeness (QED) is 0.267. The number of para-hydroxylation sites is 2. The molecule has 1 aliphatic heterocycles. The minimum atomic E-state index is -0.788. The van der Waals surface area contributed by atoms with Gasteiger partial charge in [-0.05, 0) is 18.6 Å². The molecule has 9 heteroatoms. The normalized spacial score (nSPS) is 14.7. The molecule has 29 heavy (non-hydrogen) atoms. The van der Waals surface area contributed by atoms with Crippen molar-refractivity contribution in [2.45, 2.75) is 31.1 Å². The van der Waals surface area contributed by atoms with Crippen molar-refractivity contribution < 1.29 is 9.66 Å². The monoisotopic (exact) mass is 409 g/mol. The largest absolute Gasteiger partial charge is 0.447 e. The van der Waals surface area contributed by atoms with Gasteiger partial charge in [0.25, 0.3) is 5.69 Å². The minimum absolute atomic E-state index is 0.0227. The molecule has 0 saturated carbocycles. The summed E-state index contributed by atoms with van der Waals surface area (Å²) in [7, 11) is 0. The molecule has 8 nitrogen and oxygen atoms in total. The number of nitrogens with one attached hydrogen (secondary N) is 1. The average molecular weight is 409 g/mol. The summed E-state index contributed by atoms with van der Waals surface area (Å²) in [6, 6.07) is 14.1. The number of thioether (sulfide) groups is 1. The van der Waals surface area contributed by atoms with E-state index in [0.717, 1.165) is 29.8 Å². The van der Waals surface area contributed by atoms with Gasteiger partial charge in [-0.1, -0.05) is 55.4 Å². The second-order valence-electron chi connectivity index (χ2n) is 6.45. The van der Waals surface area contributed by atoms with Crippen molar-refractivity contribution in [3.05, 3.63) is 64.2 Å². The third-order valence-corrected chi connectivity index (χ3v) is 5.40. The number of anilines is 1. The molecular formula is C20H19N5O3S. The average Bonchev–Trinajstić information content (AvgIpc) is 2.90. The SMILES string of the molecule is CCCCSc1nnc2c(n1)OC(c1ccccc1[N+](=O)[O-])Nc1ccccc1-2. The van der Waals surface area contributed by atoms with Gasteiger partial charge in [0.1, 0.15) is 0 Å². The van der Waals surface area contributed by atoms with Crippen LogP contribution in [-0.2, 0) is 0 Å². The highest BCUT2D eigenvalue weighted by Crippen LogP contribution is 2.40. The van der Waals surface area contributed by atoms with Crippen LogP contribution < -0.4 is 10.1 Å². The van der Waals surface area contributed by atoms with Crippen LogP contribution in [0.4, 0.5) is 11.4 Å². The van der Waals surface area contributed by atoms with E-state index in [9.17, 15) is 10.1 Å². The first-order chi connectivity index (χ1) is 14.2. The van der Waals surface area contributed by atoms with Gasteiger partial charge in [0, 0.05) is 23.1 Å². The van der Waals surface area contributed by atoms with Gasteiger partial charge < -0.3 is 10.1 Å². The zero-order valence-electron chi connectivity index (χ0n) is 15.7. The highest BCUT2D eigenvalue weighted by molar-refractivity contribution is 7.99. The summed E-state index contributed by atoms with van der Waals surface area (Å²) in [5.74, 6) is 1.19. The number of aromatic nitrogens is 3. The zero-order valence-corrected chi connectivity index (χ0v) is 16.6. The van der Waals surface area contributed by atoms with Gasteiger partial charge in [-0.2, -0.15) is 4.98 Å².